The molecule has 1 aromatic carbocycles. The van der Waals surface area contributed by atoms with Crippen LogP contribution in [0, 0.1) is 0 Å². The number of ether oxygens (including phenoxy) is 2. The van der Waals surface area contributed by atoms with Crippen LogP contribution in [0.3, 0.4) is 0 Å². The van der Waals surface area contributed by atoms with Gasteiger partial charge in [0.15, 0.2) is 0 Å². The van der Waals surface area contributed by atoms with Gasteiger partial charge in [-0.1, -0.05) is 26.0 Å². The Balaban J connectivity index is 2.03. The van der Waals surface area contributed by atoms with E-state index in [1.807, 2.05) is 23.9 Å². The SMILES string of the molecule is CCNC(c1ccc(OC)cc1)C(C)SC1COC1. The highest BCUT2D eigenvalue weighted by Crippen LogP contribution is 2.32. The molecule has 3 nitrogen and oxygen atoms in total. The Morgan fingerprint density at radius 3 is 2.53 bits per heavy atom. The van der Waals surface area contributed by atoms with Crippen LogP contribution in [0.25, 0.3) is 0 Å². The minimum Gasteiger partial charge on any atom is -0.497 e. The Hall–Kier alpha value is -0.710. The van der Waals surface area contributed by atoms with Crippen LogP contribution in [0.15, 0.2) is 24.3 Å². The van der Waals surface area contributed by atoms with Crippen LogP contribution in [-0.2, 0) is 4.74 Å². The van der Waals surface area contributed by atoms with Crippen molar-refractivity contribution in [1.82, 2.24) is 5.32 Å². The van der Waals surface area contributed by atoms with Gasteiger partial charge < -0.3 is 14.8 Å². The molecule has 2 atom stereocenters. The van der Waals surface area contributed by atoms with Gasteiger partial charge in [-0.15, -0.1) is 11.8 Å². The van der Waals surface area contributed by atoms with E-state index in [1.165, 1.54) is 5.56 Å². The van der Waals surface area contributed by atoms with Crippen molar-refractivity contribution in [2.45, 2.75) is 30.4 Å². The number of rotatable bonds is 7. The second kappa shape index (κ2) is 7.17. The molecule has 1 saturated heterocycles. The maximum atomic E-state index is 5.25. The third-order valence-corrected chi connectivity index (χ3v) is 4.74. The molecule has 0 amide bonds. The summed E-state index contributed by atoms with van der Waals surface area (Å²) in [5, 5.41) is 4.78. The Bertz CT molecular complexity index is 378. The zero-order valence-electron chi connectivity index (χ0n) is 11.9. The van der Waals surface area contributed by atoms with E-state index in [0.29, 0.717) is 16.5 Å². The lowest BCUT2D eigenvalue weighted by Gasteiger charge is -2.32. The molecule has 0 saturated carbocycles. The van der Waals surface area contributed by atoms with Crippen molar-refractivity contribution in [1.29, 1.82) is 0 Å². The van der Waals surface area contributed by atoms with Crippen molar-refractivity contribution in [3.8, 4) is 5.75 Å². The molecule has 0 aliphatic carbocycles. The van der Waals surface area contributed by atoms with Crippen LogP contribution in [0.5, 0.6) is 5.75 Å². The first-order valence-corrected chi connectivity index (χ1v) is 7.79. The average Bonchev–Trinajstić information content (AvgIpc) is 2.40. The second-order valence-corrected chi connectivity index (χ2v) is 6.49. The van der Waals surface area contributed by atoms with Gasteiger partial charge in [0.05, 0.1) is 25.6 Å². The Labute approximate surface area is 120 Å². The maximum absolute atomic E-state index is 5.25. The van der Waals surface area contributed by atoms with Crippen molar-refractivity contribution in [2.24, 2.45) is 0 Å². The summed E-state index contributed by atoms with van der Waals surface area (Å²) in [4.78, 5) is 0. The van der Waals surface area contributed by atoms with Crippen molar-refractivity contribution in [2.75, 3.05) is 26.9 Å². The van der Waals surface area contributed by atoms with Crippen molar-refractivity contribution < 1.29 is 9.47 Å². The lowest BCUT2D eigenvalue weighted by molar-refractivity contribution is 0.0452. The molecule has 0 aromatic heterocycles. The van der Waals surface area contributed by atoms with Gasteiger partial charge in [-0.2, -0.15) is 0 Å². The predicted octanol–water partition coefficient (Wildman–Crippen LogP) is 2.87. The Kier molecular flexibility index (Phi) is 5.55. The highest BCUT2D eigenvalue weighted by Gasteiger charge is 2.26. The minimum absolute atomic E-state index is 0.376. The molecule has 0 radical (unpaired) electrons. The van der Waals surface area contributed by atoms with Crippen molar-refractivity contribution >= 4 is 11.8 Å². The summed E-state index contributed by atoms with van der Waals surface area (Å²) in [7, 11) is 1.70. The van der Waals surface area contributed by atoms with E-state index in [2.05, 4.69) is 31.3 Å². The molecule has 2 unspecified atom stereocenters. The maximum Gasteiger partial charge on any atom is 0.118 e. The van der Waals surface area contributed by atoms with Gasteiger partial charge in [0.2, 0.25) is 0 Å². The third-order valence-electron chi connectivity index (χ3n) is 3.38. The van der Waals surface area contributed by atoms with E-state index >= 15 is 0 Å². The Morgan fingerprint density at radius 1 is 1.37 bits per heavy atom. The number of methoxy groups -OCH3 is 1. The number of hydrogen-bond acceptors (Lipinski definition) is 4. The Morgan fingerprint density at radius 2 is 2.05 bits per heavy atom. The molecule has 1 heterocycles. The van der Waals surface area contributed by atoms with Crippen LogP contribution in [-0.4, -0.2) is 37.4 Å². The molecule has 1 aliphatic rings. The largest absolute Gasteiger partial charge is 0.497 e. The van der Waals surface area contributed by atoms with Gasteiger partial charge in [0.1, 0.15) is 5.75 Å². The van der Waals surface area contributed by atoms with E-state index in [9.17, 15) is 0 Å². The minimum atomic E-state index is 0.376. The van der Waals surface area contributed by atoms with E-state index in [-0.39, 0.29) is 0 Å². The van der Waals surface area contributed by atoms with Crippen molar-refractivity contribution in [3.63, 3.8) is 0 Å². The van der Waals surface area contributed by atoms with Gasteiger partial charge in [0.25, 0.3) is 0 Å². The van der Waals surface area contributed by atoms with Crippen LogP contribution in [0.1, 0.15) is 25.5 Å². The summed E-state index contributed by atoms with van der Waals surface area (Å²) in [5.74, 6) is 0.909. The monoisotopic (exact) mass is 281 g/mol. The molecule has 1 N–H and O–H groups in total. The molecule has 1 aromatic rings. The molecular formula is C15H23NO2S. The van der Waals surface area contributed by atoms with Crippen LogP contribution in [0.2, 0.25) is 0 Å². The lowest BCUT2D eigenvalue weighted by Crippen LogP contribution is -2.36. The topological polar surface area (TPSA) is 30.5 Å². The summed E-state index contributed by atoms with van der Waals surface area (Å²) in [6.07, 6.45) is 0. The summed E-state index contributed by atoms with van der Waals surface area (Å²) in [6, 6.07) is 8.75. The van der Waals surface area contributed by atoms with E-state index in [0.717, 1.165) is 25.5 Å². The standard InChI is InChI=1S/C15H23NO2S/c1-4-16-15(11(2)19-14-9-18-10-14)12-5-7-13(17-3)8-6-12/h5-8,11,14-16H,4,9-10H2,1-3H3. The third kappa shape index (κ3) is 3.88. The van der Waals surface area contributed by atoms with Gasteiger partial charge in [-0.3, -0.25) is 0 Å². The van der Waals surface area contributed by atoms with Crippen LogP contribution < -0.4 is 10.1 Å². The van der Waals surface area contributed by atoms with Crippen molar-refractivity contribution in [3.05, 3.63) is 29.8 Å². The lowest BCUT2D eigenvalue weighted by atomic mass is 10.0. The van der Waals surface area contributed by atoms with Gasteiger partial charge >= 0.3 is 0 Å². The quantitative estimate of drug-likeness (QED) is 0.832. The van der Waals surface area contributed by atoms with E-state index < -0.39 is 0 Å². The zero-order valence-corrected chi connectivity index (χ0v) is 12.7. The first-order valence-electron chi connectivity index (χ1n) is 6.85. The van der Waals surface area contributed by atoms with Crippen LogP contribution >= 0.6 is 11.8 Å². The first kappa shape index (κ1) is 14.7. The summed E-state index contributed by atoms with van der Waals surface area (Å²) in [6.45, 7) is 7.22. The summed E-state index contributed by atoms with van der Waals surface area (Å²) in [5.41, 5.74) is 1.32. The normalized spacial score (nSPS) is 18.7. The average molecular weight is 281 g/mol. The fourth-order valence-corrected chi connectivity index (χ4v) is 3.63. The fraction of sp³-hybridized carbons (Fsp3) is 0.600. The van der Waals surface area contributed by atoms with Crippen LogP contribution in [0.4, 0.5) is 0 Å². The summed E-state index contributed by atoms with van der Waals surface area (Å²) >= 11 is 2.02. The molecule has 19 heavy (non-hydrogen) atoms. The smallest absolute Gasteiger partial charge is 0.118 e. The molecule has 1 fully saturated rings. The highest BCUT2D eigenvalue weighted by atomic mass is 32.2. The molecule has 2 rings (SSSR count). The molecule has 106 valence electrons. The van der Waals surface area contributed by atoms with E-state index in [1.54, 1.807) is 7.11 Å². The predicted molar refractivity (Wildman–Crippen MR) is 81.1 cm³/mol. The molecule has 4 heteroatoms. The molecular weight excluding hydrogens is 258 g/mol. The molecule has 1 aliphatic heterocycles. The zero-order chi connectivity index (χ0) is 13.7. The fourth-order valence-electron chi connectivity index (χ4n) is 2.26. The highest BCUT2D eigenvalue weighted by molar-refractivity contribution is 8.00. The molecule has 0 spiro atoms. The summed E-state index contributed by atoms with van der Waals surface area (Å²) < 4.78 is 10.5. The van der Waals surface area contributed by atoms with Gasteiger partial charge in [-0.25, -0.2) is 0 Å². The molecule has 0 bridgehead atoms. The number of benzene rings is 1. The first-order chi connectivity index (χ1) is 9.24. The van der Waals surface area contributed by atoms with Gasteiger partial charge in [0, 0.05) is 11.3 Å². The number of thioether (sulfide) groups is 1. The number of hydrogen-bond donors (Lipinski definition) is 1. The van der Waals surface area contributed by atoms with E-state index in [4.69, 9.17) is 9.47 Å². The second-order valence-electron chi connectivity index (χ2n) is 4.81. The van der Waals surface area contributed by atoms with Gasteiger partial charge in [-0.05, 0) is 24.2 Å². The number of nitrogens with one attached hydrogen (secondary N) is 1.